The second kappa shape index (κ2) is 6.61. The SMILES string of the molecule is CNCCCCc1nc(-c2ccccc2F)cs1. The molecule has 0 saturated heterocycles. The van der Waals surface area contributed by atoms with Crippen molar-refractivity contribution in [2.45, 2.75) is 19.3 Å². The molecule has 1 heterocycles. The van der Waals surface area contributed by atoms with E-state index in [4.69, 9.17) is 0 Å². The van der Waals surface area contributed by atoms with Crippen LogP contribution in [-0.2, 0) is 6.42 Å². The Morgan fingerprint density at radius 1 is 1.28 bits per heavy atom. The van der Waals surface area contributed by atoms with Crippen molar-refractivity contribution >= 4 is 11.3 Å². The van der Waals surface area contributed by atoms with Gasteiger partial charge in [0.25, 0.3) is 0 Å². The van der Waals surface area contributed by atoms with E-state index in [0.717, 1.165) is 36.5 Å². The summed E-state index contributed by atoms with van der Waals surface area (Å²) in [5.41, 5.74) is 1.34. The lowest BCUT2D eigenvalue weighted by Gasteiger charge is -1.99. The fourth-order valence-corrected chi connectivity index (χ4v) is 2.64. The lowest BCUT2D eigenvalue weighted by atomic mass is 10.1. The molecule has 0 atom stereocenters. The van der Waals surface area contributed by atoms with Crippen molar-refractivity contribution in [2.75, 3.05) is 13.6 Å². The van der Waals surface area contributed by atoms with Crippen LogP contribution in [0.4, 0.5) is 4.39 Å². The lowest BCUT2D eigenvalue weighted by molar-refractivity contribution is 0.630. The molecule has 0 saturated carbocycles. The van der Waals surface area contributed by atoms with Gasteiger partial charge in [-0.25, -0.2) is 9.37 Å². The van der Waals surface area contributed by atoms with Crippen LogP contribution in [-0.4, -0.2) is 18.6 Å². The highest BCUT2D eigenvalue weighted by Crippen LogP contribution is 2.24. The number of thiazole rings is 1. The zero-order valence-corrected chi connectivity index (χ0v) is 11.3. The van der Waals surface area contributed by atoms with E-state index in [1.165, 1.54) is 6.07 Å². The van der Waals surface area contributed by atoms with E-state index < -0.39 is 0 Å². The number of nitrogens with zero attached hydrogens (tertiary/aromatic N) is 1. The fourth-order valence-electron chi connectivity index (χ4n) is 1.80. The molecule has 4 heteroatoms. The van der Waals surface area contributed by atoms with Crippen LogP contribution in [0.2, 0.25) is 0 Å². The average Bonchev–Trinajstić information content (AvgIpc) is 2.84. The summed E-state index contributed by atoms with van der Waals surface area (Å²) in [4.78, 5) is 4.50. The Morgan fingerprint density at radius 2 is 2.11 bits per heavy atom. The summed E-state index contributed by atoms with van der Waals surface area (Å²) in [6.45, 7) is 1.03. The van der Waals surface area contributed by atoms with Crippen LogP contribution in [0.15, 0.2) is 29.6 Å². The van der Waals surface area contributed by atoms with Crippen LogP contribution in [0.5, 0.6) is 0 Å². The lowest BCUT2D eigenvalue weighted by Crippen LogP contribution is -2.07. The molecular weight excluding hydrogens is 247 g/mol. The molecule has 1 aromatic heterocycles. The Morgan fingerprint density at radius 3 is 2.89 bits per heavy atom. The fraction of sp³-hybridized carbons (Fsp3) is 0.357. The van der Waals surface area contributed by atoms with Crippen LogP contribution in [0.25, 0.3) is 11.3 Å². The molecule has 0 spiro atoms. The van der Waals surface area contributed by atoms with Gasteiger partial charge in [-0.2, -0.15) is 0 Å². The molecule has 0 aliphatic heterocycles. The van der Waals surface area contributed by atoms with Crippen molar-refractivity contribution in [1.82, 2.24) is 10.3 Å². The molecule has 0 aliphatic carbocycles. The summed E-state index contributed by atoms with van der Waals surface area (Å²) in [5.74, 6) is -0.204. The van der Waals surface area contributed by atoms with Crippen LogP contribution in [0, 0.1) is 5.82 Å². The van der Waals surface area contributed by atoms with Crippen molar-refractivity contribution in [3.05, 3.63) is 40.5 Å². The molecule has 96 valence electrons. The normalized spacial score (nSPS) is 10.8. The van der Waals surface area contributed by atoms with E-state index in [1.54, 1.807) is 23.5 Å². The van der Waals surface area contributed by atoms with Gasteiger partial charge in [-0.1, -0.05) is 12.1 Å². The van der Waals surface area contributed by atoms with Crippen LogP contribution >= 0.6 is 11.3 Å². The first kappa shape index (κ1) is 13.2. The number of benzene rings is 1. The quantitative estimate of drug-likeness (QED) is 0.808. The number of halogens is 1. The van der Waals surface area contributed by atoms with E-state index in [1.807, 2.05) is 18.5 Å². The predicted molar refractivity (Wildman–Crippen MR) is 74.4 cm³/mol. The summed E-state index contributed by atoms with van der Waals surface area (Å²) < 4.78 is 13.6. The maximum atomic E-state index is 13.6. The zero-order chi connectivity index (χ0) is 12.8. The van der Waals surface area contributed by atoms with Gasteiger partial charge in [0, 0.05) is 10.9 Å². The molecule has 1 N–H and O–H groups in total. The number of unbranched alkanes of at least 4 members (excludes halogenated alkanes) is 1. The first-order chi connectivity index (χ1) is 8.81. The van der Waals surface area contributed by atoms with Gasteiger partial charge >= 0.3 is 0 Å². The van der Waals surface area contributed by atoms with Gasteiger partial charge in [0.1, 0.15) is 5.82 Å². The molecule has 0 fully saturated rings. The third-order valence-electron chi connectivity index (χ3n) is 2.77. The van der Waals surface area contributed by atoms with Crippen LogP contribution < -0.4 is 5.32 Å². The third-order valence-corrected chi connectivity index (χ3v) is 3.68. The first-order valence-electron chi connectivity index (χ1n) is 6.15. The largest absolute Gasteiger partial charge is 0.320 e. The molecule has 2 rings (SSSR count). The van der Waals surface area contributed by atoms with Crippen molar-refractivity contribution in [1.29, 1.82) is 0 Å². The number of nitrogens with one attached hydrogen (secondary N) is 1. The van der Waals surface area contributed by atoms with E-state index in [0.29, 0.717) is 5.56 Å². The zero-order valence-electron chi connectivity index (χ0n) is 10.4. The number of aromatic nitrogens is 1. The van der Waals surface area contributed by atoms with Gasteiger partial charge in [-0.3, -0.25) is 0 Å². The maximum absolute atomic E-state index is 13.6. The molecule has 0 radical (unpaired) electrons. The number of hydrogen-bond donors (Lipinski definition) is 1. The Labute approximate surface area is 111 Å². The third kappa shape index (κ3) is 3.37. The number of aryl methyl sites for hydroxylation is 1. The standard InChI is InChI=1S/C14H17FN2S/c1-16-9-5-4-8-14-17-13(10-18-14)11-6-2-3-7-12(11)15/h2-3,6-7,10,16H,4-5,8-9H2,1H3. The Bertz CT molecular complexity index is 496. The molecule has 0 aliphatic rings. The summed E-state index contributed by atoms with van der Waals surface area (Å²) in [6.07, 6.45) is 3.23. The highest BCUT2D eigenvalue weighted by Gasteiger charge is 2.08. The van der Waals surface area contributed by atoms with Gasteiger partial charge in [0.15, 0.2) is 0 Å². The van der Waals surface area contributed by atoms with Crippen molar-refractivity contribution in [3.8, 4) is 11.3 Å². The van der Waals surface area contributed by atoms with Crippen molar-refractivity contribution in [2.24, 2.45) is 0 Å². The highest BCUT2D eigenvalue weighted by molar-refractivity contribution is 7.09. The van der Waals surface area contributed by atoms with Gasteiger partial charge in [-0.15, -0.1) is 11.3 Å². The molecular formula is C14H17FN2S. The molecule has 18 heavy (non-hydrogen) atoms. The van der Waals surface area contributed by atoms with Crippen LogP contribution in [0.3, 0.4) is 0 Å². The van der Waals surface area contributed by atoms with E-state index in [-0.39, 0.29) is 5.82 Å². The second-order valence-corrected chi connectivity index (χ2v) is 5.11. The Hall–Kier alpha value is -1.26. The van der Waals surface area contributed by atoms with E-state index in [9.17, 15) is 4.39 Å². The van der Waals surface area contributed by atoms with Crippen molar-refractivity contribution in [3.63, 3.8) is 0 Å². The minimum atomic E-state index is -0.204. The molecule has 0 unspecified atom stereocenters. The minimum Gasteiger partial charge on any atom is -0.320 e. The van der Waals surface area contributed by atoms with Crippen molar-refractivity contribution < 1.29 is 4.39 Å². The highest BCUT2D eigenvalue weighted by atomic mass is 32.1. The van der Waals surface area contributed by atoms with E-state index in [2.05, 4.69) is 10.3 Å². The average molecular weight is 264 g/mol. The van der Waals surface area contributed by atoms with Gasteiger partial charge in [0.2, 0.25) is 0 Å². The first-order valence-corrected chi connectivity index (χ1v) is 7.03. The van der Waals surface area contributed by atoms with Gasteiger partial charge in [-0.05, 0) is 45.0 Å². The smallest absolute Gasteiger partial charge is 0.132 e. The van der Waals surface area contributed by atoms with E-state index >= 15 is 0 Å². The maximum Gasteiger partial charge on any atom is 0.132 e. The molecule has 1 aromatic carbocycles. The summed E-state index contributed by atoms with van der Waals surface area (Å²) in [7, 11) is 1.96. The number of rotatable bonds is 6. The van der Waals surface area contributed by atoms with Crippen LogP contribution in [0.1, 0.15) is 17.8 Å². The van der Waals surface area contributed by atoms with Gasteiger partial charge in [0.05, 0.1) is 10.7 Å². The minimum absolute atomic E-state index is 0.204. The molecule has 0 bridgehead atoms. The summed E-state index contributed by atoms with van der Waals surface area (Å²) in [6, 6.07) is 6.78. The number of hydrogen-bond acceptors (Lipinski definition) is 3. The molecule has 0 amide bonds. The monoisotopic (exact) mass is 264 g/mol. The summed E-state index contributed by atoms with van der Waals surface area (Å²) in [5, 5.41) is 6.15. The predicted octanol–water partition coefficient (Wildman–Crippen LogP) is 3.49. The molecule has 2 nitrogen and oxygen atoms in total. The Balaban J connectivity index is 2.00. The summed E-state index contributed by atoms with van der Waals surface area (Å²) >= 11 is 1.61. The molecule has 2 aromatic rings. The topological polar surface area (TPSA) is 24.9 Å². The Kier molecular flexibility index (Phi) is 4.84. The van der Waals surface area contributed by atoms with Gasteiger partial charge < -0.3 is 5.32 Å². The second-order valence-electron chi connectivity index (χ2n) is 4.17.